The number of aliphatic hydroxyl groups excluding tert-OH is 1. The standard InChI is InChI=1S/C9H13F3N4O2/c1-5(3-2-4-17)16-7(9(10,11)12)6(8(13)18)14-15-16/h5,17H,2-4H2,1H3,(H2,13,18). The normalized spacial score (nSPS) is 13.6. The summed E-state index contributed by atoms with van der Waals surface area (Å²) in [5.41, 5.74) is 2.69. The van der Waals surface area contributed by atoms with Crippen molar-refractivity contribution in [2.45, 2.75) is 32.0 Å². The van der Waals surface area contributed by atoms with Gasteiger partial charge in [0, 0.05) is 6.61 Å². The molecule has 0 aliphatic rings. The minimum atomic E-state index is -4.76. The molecule has 3 N–H and O–H groups in total. The van der Waals surface area contributed by atoms with Gasteiger partial charge in [0.15, 0.2) is 11.4 Å². The third-order valence-electron chi connectivity index (χ3n) is 2.39. The summed E-state index contributed by atoms with van der Waals surface area (Å²) in [5.74, 6) is -1.28. The molecule has 0 spiro atoms. The second kappa shape index (κ2) is 5.34. The predicted octanol–water partition coefficient (Wildman–Crippen LogP) is 0.729. The molecule has 0 aliphatic carbocycles. The van der Waals surface area contributed by atoms with Crippen LogP contribution in [0.4, 0.5) is 13.2 Å². The van der Waals surface area contributed by atoms with Crippen molar-refractivity contribution in [3.8, 4) is 0 Å². The lowest BCUT2D eigenvalue weighted by molar-refractivity contribution is -0.145. The van der Waals surface area contributed by atoms with Gasteiger partial charge in [0.05, 0.1) is 6.04 Å². The molecule has 0 bridgehead atoms. The molecule has 1 rings (SSSR count). The van der Waals surface area contributed by atoms with Crippen LogP contribution in [0.2, 0.25) is 0 Å². The summed E-state index contributed by atoms with van der Waals surface area (Å²) in [6.07, 6.45) is -4.16. The number of carbonyl (C=O) groups excluding carboxylic acids is 1. The molecule has 6 nitrogen and oxygen atoms in total. The van der Waals surface area contributed by atoms with E-state index in [9.17, 15) is 18.0 Å². The van der Waals surface area contributed by atoms with Gasteiger partial charge in [-0.1, -0.05) is 5.21 Å². The molecule has 0 aliphatic heterocycles. The molecule has 0 saturated carbocycles. The zero-order valence-corrected chi connectivity index (χ0v) is 9.61. The molecule has 102 valence electrons. The van der Waals surface area contributed by atoms with Gasteiger partial charge >= 0.3 is 6.18 Å². The highest BCUT2D eigenvalue weighted by molar-refractivity contribution is 5.91. The number of amides is 1. The van der Waals surface area contributed by atoms with Gasteiger partial charge in [-0.3, -0.25) is 4.79 Å². The Morgan fingerprint density at radius 1 is 1.56 bits per heavy atom. The fourth-order valence-electron chi connectivity index (χ4n) is 1.54. The van der Waals surface area contributed by atoms with Crippen molar-refractivity contribution in [1.82, 2.24) is 15.0 Å². The number of hydrogen-bond acceptors (Lipinski definition) is 4. The van der Waals surface area contributed by atoms with Gasteiger partial charge in [-0.25, -0.2) is 4.68 Å². The van der Waals surface area contributed by atoms with E-state index in [-0.39, 0.29) is 13.0 Å². The van der Waals surface area contributed by atoms with Crippen LogP contribution < -0.4 is 5.73 Å². The second-order valence-electron chi connectivity index (χ2n) is 3.81. The van der Waals surface area contributed by atoms with Crippen LogP contribution in [0.25, 0.3) is 0 Å². The summed E-state index contributed by atoms with van der Waals surface area (Å²) in [7, 11) is 0. The Hall–Kier alpha value is -1.64. The lowest BCUT2D eigenvalue weighted by atomic mass is 10.2. The van der Waals surface area contributed by atoms with E-state index in [2.05, 4.69) is 10.3 Å². The molecule has 1 amide bonds. The van der Waals surface area contributed by atoms with Crippen molar-refractivity contribution in [3.63, 3.8) is 0 Å². The first-order chi connectivity index (χ1) is 8.29. The Morgan fingerprint density at radius 2 is 2.17 bits per heavy atom. The molecule has 18 heavy (non-hydrogen) atoms. The Kier molecular flexibility index (Phi) is 4.28. The molecule has 1 aromatic rings. The van der Waals surface area contributed by atoms with Gasteiger partial charge in [0.25, 0.3) is 5.91 Å². The van der Waals surface area contributed by atoms with Crippen molar-refractivity contribution >= 4 is 5.91 Å². The summed E-state index contributed by atoms with van der Waals surface area (Å²) in [4.78, 5) is 10.9. The van der Waals surface area contributed by atoms with E-state index in [1.54, 1.807) is 0 Å². The third kappa shape index (κ3) is 2.97. The molecule has 0 saturated heterocycles. The van der Waals surface area contributed by atoms with Crippen molar-refractivity contribution in [2.24, 2.45) is 5.73 Å². The minimum Gasteiger partial charge on any atom is -0.396 e. The number of hydrogen-bond donors (Lipinski definition) is 2. The van der Waals surface area contributed by atoms with E-state index in [1.165, 1.54) is 6.92 Å². The van der Waals surface area contributed by atoms with E-state index < -0.39 is 29.5 Å². The van der Waals surface area contributed by atoms with Gasteiger partial charge < -0.3 is 10.8 Å². The van der Waals surface area contributed by atoms with Crippen molar-refractivity contribution in [2.75, 3.05) is 6.61 Å². The van der Waals surface area contributed by atoms with Crippen LogP contribution in [0.1, 0.15) is 42.0 Å². The Bertz CT molecular complexity index is 430. The monoisotopic (exact) mass is 266 g/mol. The fourth-order valence-corrected chi connectivity index (χ4v) is 1.54. The summed E-state index contributed by atoms with van der Waals surface area (Å²) in [5, 5.41) is 15.1. The van der Waals surface area contributed by atoms with E-state index >= 15 is 0 Å². The van der Waals surface area contributed by atoms with E-state index in [0.29, 0.717) is 11.1 Å². The molecule has 1 heterocycles. The fraction of sp³-hybridized carbons (Fsp3) is 0.667. The number of rotatable bonds is 5. The van der Waals surface area contributed by atoms with Gasteiger partial charge in [0.1, 0.15) is 0 Å². The maximum absolute atomic E-state index is 12.8. The van der Waals surface area contributed by atoms with Gasteiger partial charge in [-0.15, -0.1) is 5.10 Å². The van der Waals surface area contributed by atoms with Crippen LogP contribution in [-0.2, 0) is 6.18 Å². The van der Waals surface area contributed by atoms with Crippen LogP contribution in [0.5, 0.6) is 0 Å². The average molecular weight is 266 g/mol. The number of alkyl halides is 3. The summed E-state index contributed by atoms with van der Waals surface area (Å²) < 4.78 is 39.1. The second-order valence-corrected chi connectivity index (χ2v) is 3.81. The van der Waals surface area contributed by atoms with Crippen LogP contribution in [0.3, 0.4) is 0 Å². The van der Waals surface area contributed by atoms with Crippen LogP contribution in [0, 0.1) is 0 Å². The first-order valence-electron chi connectivity index (χ1n) is 5.22. The lowest BCUT2D eigenvalue weighted by Gasteiger charge is -2.16. The highest BCUT2D eigenvalue weighted by Gasteiger charge is 2.41. The summed E-state index contributed by atoms with van der Waals surface area (Å²) in [6, 6.07) is -0.644. The lowest BCUT2D eigenvalue weighted by Crippen LogP contribution is -2.23. The molecule has 1 unspecified atom stereocenters. The molecule has 0 radical (unpaired) electrons. The number of aliphatic hydroxyl groups is 1. The smallest absolute Gasteiger partial charge is 0.396 e. The number of aromatic nitrogens is 3. The van der Waals surface area contributed by atoms with Gasteiger partial charge in [-0.05, 0) is 19.8 Å². The van der Waals surface area contributed by atoms with Gasteiger partial charge in [-0.2, -0.15) is 13.2 Å². The quantitative estimate of drug-likeness (QED) is 0.821. The topological polar surface area (TPSA) is 94.0 Å². The number of nitrogens with two attached hydrogens (primary N) is 1. The third-order valence-corrected chi connectivity index (χ3v) is 2.39. The Labute approximate surface area is 101 Å². The first-order valence-corrected chi connectivity index (χ1v) is 5.22. The maximum atomic E-state index is 12.8. The van der Waals surface area contributed by atoms with Gasteiger partial charge in [0.2, 0.25) is 0 Å². The predicted molar refractivity (Wildman–Crippen MR) is 54.6 cm³/mol. The average Bonchev–Trinajstić information content (AvgIpc) is 2.69. The molecule has 9 heteroatoms. The summed E-state index contributed by atoms with van der Waals surface area (Å²) >= 11 is 0. The minimum absolute atomic E-state index is 0.136. The number of nitrogens with zero attached hydrogens (tertiary/aromatic N) is 3. The molecule has 1 atom stereocenters. The van der Waals surface area contributed by atoms with Crippen molar-refractivity contribution < 1.29 is 23.1 Å². The first kappa shape index (κ1) is 14.4. The summed E-state index contributed by atoms with van der Waals surface area (Å²) in [6.45, 7) is 1.35. The highest BCUT2D eigenvalue weighted by Crippen LogP contribution is 2.33. The molecule has 1 aromatic heterocycles. The zero-order chi connectivity index (χ0) is 13.9. The van der Waals surface area contributed by atoms with E-state index in [4.69, 9.17) is 10.8 Å². The Morgan fingerprint density at radius 3 is 2.61 bits per heavy atom. The van der Waals surface area contributed by atoms with Crippen LogP contribution in [0.15, 0.2) is 0 Å². The van der Waals surface area contributed by atoms with Crippen molar-refractivity contribution in [1.29, 1.82) is 0 Å². The molecule has 0 aromatic carbocycles. The zero-order valence-electron chi connectivity index (χ0n) is 9.61. The molecular weight excluding hydrogens is 253 g/mol. The van der Waals surface area contributed by atoms with Crippen LogP contribution in [-0.4, -0.2) is 32.6 Å². The molecule has 0 fully saturated rings. The Balaban J connectivity index is 3.16. The largest absolute Gasteiger partial charge is 0.435 e. The van der Waals surface area contributed by atoms with Crippen molar-refractivity contribution in [3.05, 3.63) is 11.4 Å². The van der Waals surface area contributed by atoms with E-state index in [1.807, 2.05) is 0 Å². The highest BCUT2D eigenvalue weighted by atomic mass is 19.4. The number of carbonyl (C=O) groups is 1. The SMILES string of the molecule is CC(CCCO)n1nnc(C(N)=O)c1C(F)(F)F. The van der Waals surface area contributed by atoms with E-state index in [0.717, 1.165) is 0 Å². The maximum Gasteiger partial charge on any atom is 0.435 e. The number of primary amides is 1. The number of halogens is 3. The molecular formula is C9H13F3N4O2. The van der Waals surface area contributed by atoms with Crippen LogP contribution >= 0.6 is 0 Å².